The van der Waals surface area contributed by atoms with Crippen molar-refractivity contribution in [3.8, 4) is 12.1 Å². The Hall–Kier alpha value is -3.13. The van der Waals surface area contributed by atoms with Crippen LogP contribution in [0.4, 0.5) is 11.4 Å². The van der Waals surface area contributed by atoms with Crippen molar-refractivity contribution in [3.05, 3.63) is 33.4 Å². The van der Waals surface area contributed by atoms with Gasteiger partial charge in [-0.2, -0.15) is 10.5 Å². The Bertz CT molecular complexity index is 701. The van der Waals surface area contributed by atoms with E-state index in [1.54, 1.807) is 12.1 Å². The summed E-state index contributed by atoms with van der Waals surface area (Å²) in [4.78, 5) is 22.9. The molecule has 1 aromatic carbocycles. The monoisotopic (exact) mass is 285 g/mol. The quantitative estimate of drug-likeness (QED) is 0.565. The Morgan fingerprint density at radius 2 is 1.95 bits per heavy atom. The van der Waals surface area contributed by atoms with Crippen LogP contribution in [0.2, 0.25) is 0 Å². The van der Waals surface area contributed by atoms with Crippen LogP contribution >= 0.6 is 0 Å². The number of nitro benzene ring substituents is 1. The predicted octanol–water partition coefficient (Wildman–Crippen LogP) is 0.0569. The van der Waals surface area contributed by atoms with E-state index in [1.807, 2.05) is 0 Å². The highest BCUT2D eigenvalue weighted by molar-refractivity contribution is 5.80. The molecule has 0 bridgehead atoms. The third-order valence-electron chi connectivity index (χ3n) is 3.39. The lowest BCUT2D eigenvalue weighted by molar-refractivity contribution is -0.384. The molecule has 1 saturated heterocycles. The van der Waals surface area contributed by atoms with Crippen LogP contribution in [0.1, 0.15) is 24.0 Å². The van der Waals surface area contributed by atoms with Gasteiger partial charge in [0.25, 0.3) is 5.69 Å². The second-order valence-electron chi connectivity index (χ2n) is 4.54. The lowest BCUT2D eigenvalue weighted by atomic mass is 10.1. The van der Waals surface area contributed by atoms with Gasteiger partial charge in [-0.05, 0) is 18.9 Å². The molecule has 1 aliphatic heterocycles. The molecule has 0 amide bonds. The molecule has 1 heterocycles. The van der Waals surface area contributed by atoms with Gasteiger partial charge in [-0.25, -0.2) is 0 Å². The molecule has 1 aromatic rings. The normalized spacial score (nSPS) is 17.0. The van der Waals surface area contributed by atoms with Crippen LogP contribution in [0, 0.1) is 32.8 Å². The lowest BCUT2D eigenvalue weighted by Gasteiger charge is -2.27. The standard InChI is InChI=1S/C13H10N4O4/c14-6-8-4-11(12(17(20)21)5-9(8)7-15)16-3-1-2-10(16)13(18)19/h4-5,10H,1-3H2,(H,18,19)/p-1/t10-/m0/s1. The van der Waals surface area contributed by atoms with E-state index in [4.69, 9.17) is 10.5 Å². The number of hydrogen-bond acceptors (Lipinski definition) is 7. The summed E-state index contributed by atoms with van der Waals surface area (Å²) in [6.07, 6.45) is 0.874. The minimum atomic E-state index is -1.32. The molecule has 0 radical (unpaired) electrons. The zero-order valence-corrected chi connectivity index (χ0v) is 10.8. The van der Waals surface area contributed by atoms with Crippen LogP contribution < -0.4 is 10.0 Å². The molecule has 21 heavy (non-hydrogen) atoms. The van der Waals surface area contributed by atoms with E-state index in [9.17, 15) is 20.0 Å². The fourth-order valence-corrected chi connectivity index (χ4v) is 2.44. The third kappa shape index (κ3) is 2.47. The van der Waals surface area contributed by atoms with Gasteiger partial charge in [0.15, 0.2) is 0 Å². The lowest BCUT2D eigenvalue weighted by Crippen LogP contribution is -2.44. The summed E-state index contributed by atoms with van der Waals surface area (Å²) in [5.74, 6) is -1.32. The molecule has 8 heteroatoms. The van der Waals surface area contributed by atoms with Gasteiger partial charge in [0.05, 0.1) is 28.1 Å². The van der Waals surface area contributed by atoms with Gasteiger partial charge < -0.3 is 14.8 Å². The molecule has 1 atom stereocenters. The van der Waals surface area contributed by atoms with E-state index in [2.05, 4.69) is 0 Å². The van der Waals surface area contributed by atoms with Crippen LogP contribution in [-0.2, 0) is 4.79 Å². The summed E-state index contributed by atoms with van der Waals surface area (Å²) in [6, 6.07) is 4.73. The van der Waals surface area contributed by atoms with Crippen molar-refractivity contribution in [1.29, 1.82) is 10.5 Å². The first-order valence-electron chi connectivity index (χ1n) is 6.09. The Kier molecular flexibility index (Phi) is 3.72. The van der Waals surface area contributed by atoms with Crippen molar-refractivity contribution in [2.24, 2.45) is 0 Å². The van der Waals surface area contributed by atoms with Crippen molar-refractivity contribution in [2.75, 3.05) is 11.4 Å². The number of rotatable bonds is 3. The molecule has 0 spiro atoms. The smallest absolute Gasteiger partial charge is 0.293 e. The number of carbonyl (C=O) groups is 1. The summed E-state index contributed by atoms with van der Waals surface area (Å²) < 4.78 is 0. The number of nitriles is 2. The highest BCUT2D eigenvalue weighted by atomic mass is 16.6. The first kappa shape index (κ1) is 14.3. The molecule has 0 saturated carbocycles. The SMILES string of the molecule is N#Cc1cc(N2CCC[C@H]2C(=O)[O-])c([N+](=O)[O-])cc1C#N. The summed E-state index contributed by atoms with van der Waals surface area (Å²) in [5.41, 5.74) is -0.500. The first-order chi connectivity index (χ1) is 9.99. The molecular weight excluding hydrogens is 276 g/mol. The number of carboxylic acid groups (broad SMARTS) is 1. The average molecular weight is 285 g/mol. The van der Waals surface area contributed by atoms with Crippen LogP contribution in [0.3, 0.4) is 0 Å². The molecule has 0 aliphatic carbocycles. The molecule has 106 valence electrons. The van der Waals surface area contributed by atoms with Crippen LogP contribution in [0.15, 0.2) is 12.1 Å². The van der Waals surface area contributed by atoms with Gasteiger partial charge in [0.2, 0.25) is 0 Å². The minimum Gasteiger partial charge on any atom is -0.548 e. The van der Waals surface area contributed by atoms with Crippen molar-refractivity contribution >= 4 is 17.3 Å². The zero-order valence-electron chi connectivity index (χ0n) is 10.8. The van der Waals surface area contributed by atoms with E-state index in [-0.39, 0.29) is 16.8 Å². The topological polar surface area (TPSA) is 134 Å². The highest BCUT2D eigenvalue weighted by Gasteiger charge is 2.31. The van der Waals surface area contributed by atoms with E-state index < -0.39 is 22.6 Å². The molecule has 8 nitrogen and oxygen atoms in total. The van der Waals surface area contributed by atoms with Crippen molar-refractivity contribution in [2.45, 2.75) is 18.9 Å². The summed E-state index contributed by atoms with van der Waals surface area (Å²) >= 11 is 0. The highest BCUT2D eigenvalue weighted by Crippen LogP contribution is 2.35. The Morgan fingerprint density at radius 1 is 1.33 bits per heavy atom. The van der Waals surface area contributed by atoms with Crippen LogP contribution in [0.5, 0.6) is 0 Å². The molecule has 2 rings (SSSR count). The molecular formula is C13H9N4O4-. The molecule has 0 aromatic heterocycles. The number of anilines is 1. The Labute approximate surface area is 119 Å². The fraction of sp³-hybridized carbons (Fsp3) is 0.308. The Morgan fingerprint density at radius 3 is 2.48 bits per heavy atom. The van der Waals surface area contributed by atoms with E-state index >= 15 is 0 Å². The van der Waals surface area contributed by atoms with Gasteiger partial charge in [-0.3, -0.25) is 10.1 Å². The summed E-state index contributed by atoms with van der Waals surface area (Å²) in [7, 11) is 0. The predicted molar refractivity (Wildman–Crippen MR) is 67.9 cm³/mol. The molecule has 0 N–H and O–H groups in total. The van der Waals surface area contributed by atoms with E-state index in [0.29, 0.717) is 19.4 Å². The average Bonchev–Trinajstić information content (AvgIpc) is 2.95. The molecule has 1 aliphatic rings. The van der Waals surface area contributed by atoms with E-state index in [1.165, 1.54) is 11.0 Å². The maximum atomic E-state index is 11.1. The van der Waals surface area contributed by atoms with Gasteiger partial charge in [0.1, 0.15) is 17.8 Å². The summed E-state index contributed by atoms with van der Waals surface area (Å²) in [6.45, 7) is 0.316. The van der Waals surface area contributed by atoms with Gasteiger partial charge in [-0.1, -0.05) is 0 Å². The van der Waals surface area contributed by atoms with Crippen molar-refractivity contribution in [1.82, 2.24) is 0 Å². The second kappa shape index (κ2) is 5.47. The molecule has 0 unspecified atom stereocenters. The Balaban J connectivity index is 2.62. The molecule has 1 fully saturated rings. The fourth-order valence-electron chi connectivity index (χ4n) is 2.44. The number of carbonyl (C=O) groups excluding carboxylic acids is 1. The van der Waals surface area contributed by atoms with Crippen molar-refractivity contribution in [3.63, 3.8) is 0 Å². The second-order valence-corrected chi connectivity index (χ2v) is 4.54. The third-order valence-corrected chi connectivity index (χ3v) is 3.39. The van der Waals surface area contributed by atoms with E-state index in [0.717, 1.165) is 6.07 Å². The number of hydrogen-bond donors (Lipinski definition) is 0. The minimum absolute atomic E-state index is 0.0258. The maximum absolute atomic E-state index is 11.1. The number of nitro groups is 1. The number of benzene rings is 1. The number of aliphatic carboxylic acids is 1. The van der Waals surface area contributed by atoms with Gasteiger partial charge in [-0.15, -0.1) is 0 Å². The maximum Gasteiger partial charge on any atom is 0.293 e. The van der Waals surface area contributed by atoms with Crippen molar-refractivity contribution < 1.29 is 14.8 Å². The van der Waals surface area contributed by atoms with Crippen LogP contribution in [-0.4, -0.2) is 23.5 Å². The summed E-state index contributed by atoms with van der Waals surface area (Å²) in [5, 5.41) is 40.2. The zero-order chi connectivity index (χ0) is 15.6. The largest absolute Gasteiger partial charge is 0.548 e. The first-order valence-corrected chi connectivity index (χ1v) is 6.09. The van der Waals surface area contributed by atoms with Gasteiger partial charge in [0, 0.05) is 12.6 Å². The number of nitrogens with zero attached hydrogens (tertiary/aromatic N) is 4. The van der Waals surface area contributed by atoms with Gasteiger partial charge >= 0.3 is 0 Å². The number of carboxylic acids is 1. The van der Waals surface area contributed by atoms with Crippen LogP contribution in [0.25, 0.3) is 0 Å².